The number of halogens is 2. The molecular weight excluding hydrogens is 436 g/mol. The number of ether oxygens (including phenoxy) is 1. The van der Waals surface area contributed by atoms with E-state index in [0.29, 0.717) is 10.7 Å². The van der Waals surface area contributed by atoms with E-state index in [2.05, 4.69) is 21.2 Å². The van der Waals surface area contributed by atoms with Crippen molar-refractivity contribution in [1.29, 1.82) is 0 Å². The van der Waals surface area contributed by atoms with E-state index in [0.717, 1.165) is 10.2 Å². The van der Waals surface area contributed by atoms with Crippen LogP contribution in [0.1, 0.15) is 6.42 Å². The molecule has 2 aromatic rings. The van der Waals surface area contributed by atoms with Gasteiger partial charge in [-0.15, -0.1) is 0 Å². The van der Waals surface area contributed by atoms with Crippen molar-refractivity contribution in [3.05, 3.63) is 58.0 Å². The molecule has 1 aliphatic heterocycles. The number of rotatable bonds is 5. The molecule has 1 fully saturated rings. The molecule has 1 N–H and O–H groups in total. The van der Waals surface area contributed by atoms with Gasteiger partial charge in [-0.1, -0.05) is 45.7 Å². The van der Waals surface area contributed by atoms with Gasteiger partial charge in [0.25, 0.3) is 5.91 Å². The number of amides is 2. The van der Waals surface area contributed by atoms with Crippen molar-refractivity contribution < 1.29 is 19.1 Å². The van der Waals surface area contributed by atoms with Crippen LogP contribution in [0.5, 0.6) is 0 Å². The molecule has 3 rings (SSSR count). The van der Waals surface area contributed by atoms with Gasteiger partial charge in [-0.05, 0) is 30.3 Å². The van der Waals surface area contributed by atoms with E-state index < -0.39 is 24.4 Å². The van der Waals surface area contributed by atoms with Crippen LogP contribution in [0.3, 0.4) is 0 Å². The van der Waals surface area contributed by atoms with E-state index in [1.807, 2.05) is 18.2 Å². The number of hydrogen-bond acceptors (Lipinski definition) is 4. The highest BCUT2D eigenvalue weighted by molar-refractivity contribution is 9.10. The van der Waals surface area contributed by atoms with Gasteiger partial charge < -0.3 is 15.0 Å². The van der Waals surface area contributed by atoms with Gasteiger partial charge in [0, 0.05) is 23.1 Å². The summed E-state index contributed by atoms with van der Waals surface area (Å²) >= 11 is 9.31. The molecule has 140 valence electrons. The lowest BCUT2D eigenvalue weighted by Crippen LogP contribution is -2.28. The minimum Gasteiger partial charge on any atom is -0.455 e. The van der Waals surface area contributed by atoms with E-state index in [-0.39, 0.29) is 18.9 Å². The Hall–Kier alpha value is -2.38. The molecule has 0 spiro atoms. The molecule has 1 unspecified atom stereocenters. The molecule has 0 aromatic heterocycles. The zero-order valence-electron chi connectivity index (χ0n) is 14.2. The van der Waals surface area contributed by atoms with Crippen LogP contribution in [0.2, 0.25) is 5.02 Å². The Bertz CT molecular complexity index is 875. The second kappa shape index (κ2) is 8.54. The average molecular weight is 452 g/mol. The van der Waals surface area contributed by atoms with Crippen LogP contribution in [0.15, 0.2) is 53.0 Å². The SMILES string of the molecule is O=C(COC(=O)C1CC(=O)N(c2ccccc2)C1)Nc1ccc(Br)cc1Cl. The van der Waals surface area contributed by atoms with E-state index in [4.69, 9.17) is 16.3 Å². The van der Waals surface area contributed by atoms with Crippen LogP contribution < -0.4 is 10.2 Å². The predicted molar refractivity (Wildman–Crippen MR) is 106 cm³/mol. The third kappa shape index (κ3) is 4.87. The number of carbonyl (C=O) groups excluding carboxylic acids is 3. The molecule has 0 bridgehead atoms. The number of hydrogen-bond donors (Lipinski definition) is 1. The Labute approximate surface area is 169 Å². The molecule has 6 nitrogen and oxygen atoms in total. The fraction of sp³-hybridized carbons (Fsp3) is 0.211. The molecule has 27 heavy (non-hydrogen) atoms. The molecule has 1 atom stereocenters. The van der Waals surface area contributed by atoms with Crippen molar-refractivity contribution in [3.63, 3.8) is 0 Å². The first-order valence-corrected chi connectivity index (χ1v) is 9.38. The molecule has 2 amide bonds. The van der Waals surface area contributed by atoms with Crippen molar-refractivity contribution in [2.24, 2.45) is 5.92 Å². The molecule has 0 aliphatic carbocycles. The molecule has 2 aromatic carbocycles. The first-order valence-electron chi connectivity index (χ1n) is 8.21. The van der Waals surface area contributed by atoms with E-state index in [1.165, 1.54) is 0 Å². The first kappa shape index (κ1) is 19.4. The van der Waals surface area contributed by atoms with Gasteiger partial charge in [0.2, 0.25) is 5.91 Å². The second-order valence-electron chi connectivity index (χ2n) is 6.02. The molecule has 1 aliphatic rings. The number of benzene rings is 2. The summed E-state index contributed by atoms with van der Waals surface area (Å²) in [6.07, 6.45) is 0.0634. The van der Waals surface area contributed by atoms with E-state index >= 15 is 0 Å². The summed E-state index contributed by atoms with van der Waals surface area (Å²) < 4.78 is 5.86. The molecular formula is C19H16BrClN2O4. The summed E-state index contributed by atoms with van der Waals surface area (Å²) in [5, 5.41) is 2.95. The second-order valence-corrected chi connectivity index (χ2v) is 7.34. The maximum Gasteiger partial charge on any atom is 0.311 e. The number of nitrogens with one attached hydrogen (secondary N) is 1. The predicted octanol–water partition coefficient (Wildman–Crippen LogP) is 3.64. The van der Waals surface area contributed by atoms with Crippen molar-refractivity contribution in [1.82, 2.24) is 0 Å². The Balaban J connectivity index is 1.52. The summed E-state index contributed by atoms with van der Waals surface area (Å²) in [4.78, 5) is 37.9. The van der Waals surface area contributed by atoms with E-state index in [1.54, 1.807) is 35.2 Å². The monoisotopic (exact) mass is 450 g/mol. The molecule has 1 heterocycles. The zero-order valence-corrected chi connectivity index (χ0v) is 16.5. The van der Waals surface area contributed by atoms with E-state index in [9.17, 15) is 14.4 Å². The Kier molecular flexibility index (Phi) is 6.13. The van der Waals surface area contributed by atoms with Gasteiger partial charge in [0.15, 0.2) is 6.61 Å². The van der Waals surface area contributed by atoms with Gasteiger partial charge in [0.05, 0.1) is 16.6 Å². The lowest BCUT2D eigenvalue weighted by Gasteiger charge is -2.16. The van der Waals surface area contributed by atoms with Crippen LogP contribution in [-0.2, 0) is 19.1 Å². The number of nitrogens with zero attached hydrogens (tertiary/aromatic N) is 1. The normalized spacial score (nSPS) is 16.3. The Morgan fingerprint density at radius 2 is 1.96 bits per heavy atom. The van der Waals surface area contributed by atoms with Crippen LogP contribution >= 0.6 is 27.5 Å². The summed E-state index contributed by atoms with van der Waals surface area (Å²) in [5.41, 5.74) is 1.16. The topological polar surface area (TPSA) is 75.7 Å². The molecule has 8 heteroatoms. The fourth-order valence-corrected chi connectivity index (χ4v) is 3.48. The lowest BCUT2D eigenvalue weighted by molar-refractivity contribution is -0.151. The van der Waals surface area contributed by atoms with Crippen molar-refractivity contribution in [3.8, 4) is 0 Å². The van der Waals surface area contributed by atoms with Gasteiger partial charge in [0.1, 0.15) is 0 Å². The van der Waals surface area contributed by atoms with Crippen molar-refractivity contribution >= 4 is 56.7 Å². The third-order valence-corrected chi connectivity index (χ3v) is 4.88. The smallest absolute Gasteiger partial charge is 0.311 e. The maximum atomic E-state index is 12.2. The largest absolute Gasteiger partial charge is 0.455 e. The van der Waals surface area contributed by atoms with Crippen LogP contribution in [-0.4, -0.2) is 30.9 Å². The molecule has 1 saturated heterocycles. The summed E-state index contributed by atoms with van der Waals surface area (Å²) in [5.74, 6) is -1.81. The number of esters is 1. The highest BCUT2D eigenvalue weighted by atomic mass is 79.9. The number of anilines is 2. The number of carbonyl (C=O) groups is 3. The lowest BCUT2D eigenvalue weighted by atomic mass is 10.1. The van der Waals surface area contributed by atoms with Gasteiger partial charge >= 0.3 is 5.97 Å². The molecule has 0 radical (unpaired) electrons. The van der Waals surface area contributed by atoms with Gasteiger partial charge in [-0.3, -0.25) is 14.4 Å². The Morgan fingerprint density at radius 1 is 1.22 bits per heavy atom. The minimum absolute atomic E-state index is 0.0634. The fourth-order valence-electron chi connectivity index (χ4n) is 2.75. The van der Waals surface area contributed by atoms with Crippen LogP contribution in [0.4, 0.5) is 11.4 Å². The van der Waals surface area contributed by atoms with Gasteiger partial charge in [-0.25, -0.2) is 0 Å². The van der Waals surface area contributed by atoms with Crippen molar-refractivity contribution in [2.45, 2.75) is 6.42 Å². The highest BCUT2D eigenvalue weighted by Crippen LogP contribution is 2.27. The number of para-hydroxylation sites is 1. The molecule has 0 saturated carbocycles. The summed E-state index contributed by atoms with van der Waals surface area (Å²) in [7, 11) is 0. The summed E-state index contributed by atoms with van der Waals surface area (Å²) in [6.45, 7) is -0.205. The minimum atomic E-state index is -0.596. The van der Waals surface area contributed by atoms with Crippen LogP contribution in [0.25, 0.3) is 0 Å². The van der Waals surface area contributed by atoms with Crippen molar-refractivity contribution in [2.75, 3.05) is 23.4 Å². The van der Waals surface area contributed by atoms with Gasteiger partial charge in [-0.2, -0.15) is 0 Å². The quantitative estimate of drug-likeness (QED) is 0.704. The standard InChI is InChI=1S/C19H16BrClN2O4/c20-13-6-7-16(15(21)9-13)22-17(24)11-27-19(26)12-8-18(25)23(10-12)14-4-2-1-3-5-14/h1-7,9,12H,8,10-11H2,(H,22,24). The highest BCUT2D eigenvalue weighted by Gasteiger charge is 2.36. The zero-order chi connectivity index (χ0) is 19.4. The maximum absolute atomic E-state index is 12.2. The van der Waals surface area contributed by atoms with Crippen LogP contribution in [0, 0.1) is 5.92 Å². The Morgan fingerprint density at radius 3 is 2.67 bits per heavy atom. The summed E-state index contributed by atoms with van der Waals surface area (Å²) in [6, 6.07) is 14.1. The third-order valence-electron chi connectivity index (χ3n) is 4.08. The average Bonchev–Trinajstić information content (AvgIpc) is 3.04. The first-order chi connectivity index (χ1) is 12.9.